The molecule has 128 valence electrons. The summed E-state index contributed by atoms with van der Waals surface area (Å²) < 4.78 is 5.36. The lowest BCUT2D eigenvalue weighted by atomic mass is 10.2. The molecule has 0 saturated carbocycles. The van der Waals surface area contributed by atoms with Crippen LogP contribution < -0.4 is 4.90 Å². The van der Waals surface area contributed by atoms with Crippen LogP contribution in [-0.2, 0) is 16.1 Å². The predicted octanol–water partition coefficient (Wildman–Crippen LogP) is 2.97. The Hall–Kier alpha value is -1.88. The van der Waals surface area contributed by atoms with Crippen LogP contribution in [0.15, 0.2) is 60.7 Å². The Morgan fingerprint density at radius 2 is 1.54 bits per heavy atom. The molecule has 0 atom stereocenters. The number of halogens is 1. The highest BCUT2D eigenvalue weighted by molar-refractivity contribution is 5.94. The Labute approximate surface area is 149 Å². The van der Waals surface area contributed by atoms with Crippen LogP contribution in [0.3, 0.4) is 0 Å². The SMILES string of the molecule is Cl.O=C(CN1CCOCC1)N(Cc1ccccc1)c1ccccc1. The van der Waals surface area contributed by atoms with Gasteiger partial charge in [-0.25, -0.2) is 0 Å². The maximum absolute atomic E-state index is 12.9. The van der Waals surface area contributed by atoms with E-state index >= 15 is 0 Å². The Morgan fingerprint density at radius 1 is 0.958 bits per heavy atom. The third-order valence-electron chi connectivity index (χ3n) is 4.02. The molecule has 0 aromatic heterocycles. The summed E-state index contributed by atoms with van der Waals surface area (Å²) >= 11 is 0. The zero-order valence-electron chi connectivity index (χ0n) is 13.6. The molecule has 24 heavy (non-hydrogen) atoms. The van der Waals surface area contributed by atoms with E-state index in [1.54, 1.807) is 0 Å². The Morgan fingerprint density at radius 3 is 2.17 bits per heavy atom. The fourth-order valence-corrected chi connectivity index (χ4v) is 2.73. The number of anilines is 1. The fourth-order valence-electron chi connectivity index (χ4n) is 2.73. The van der Waals surface area contributed by atoms with Crippen LogP contribution in [0.2, 0.25) is 0 Å². The monoisotopic (exact) mass is 346 g/mol. The van der Waals surface area contributed by atoms with E-state index < -0.39 is 0 Å². The summed E-state index contributed by atoms with van der Waals surface area (Å²) in [6.45, 7) is 4.08. The molecular weight excluding hydrogens is 324 g/mol. The number of hydrogen-bond donors (Lipinski definition) is 0. The van der Waals surface area contributed by atoms with Gasteiger partial charge in [0, 0.05) is 18.8 Å². The van der Waals surface area contributed by atoms with Gasteiger partial charge in [0.2, 0.25) is 5.91 Å². The highest BCUT2D eigenvalue weighted by Gasteiger charge is 2.20. The molecule has 3 rings (SSSR count). The average Bonchev–Trinajstić information content (AvgIpc) is 2.62. The van der Waals surface area contributed by atoms with Gasteiger partial charge in [-0.1, -0.05) is 48.5 Å². The number of nitrogens with zero attached hydrogens (tertiary/aromatic N) is 2. The Balaban J connectivity index is 0.00000208. The molecule has 0 unspecified atom stereocenters. The van der Waals surface area contributed by atoms with Gasteiger partial charge in [0.15, 0.2) is 0 Å². The standard InChI is InChI=1S/C19H22N2O2.ClH/c22-19(16-20-11-13-23-14-12-20)21(18-9-5-2-6-10-18)15-17-7-3-1-4-8-17;/h1-10H,11-16H2;1H. The van der Waals surface area contributed by atoms with Crippen LogP contribution in [0.5, 0.6) is 0 Å². The lowest BCUT2D eigenvalue weighted by molar-refractivity contribution is -0.120. The number of ether oxygens (including phenoxy) is 1. The van der Waals surface area contributed by atoms with Crippen molar-refractivity contribution >= 4 is 24.0 Å². The molecule has 4 nitrogen and oxygen atoms in total. The van der Waals surface area contributed by atoms with Crippen molar-refractivity contribution in [3.05, 3.63) is 66.2 Å². The van der Waals surface area contributed by atoms with E-state index in [1.165, 1.54) is 0 Å². The number of rotatable bonds is 5. The van der Waals surface area contributed by atoms with E-state index in [4.69, 9.17) is 4.74 Å². The van der Waals surface area contributed by atoms with E-state index in [0.29, 0.717) is 26.3 Å². The Bertz CT molecular complexity index is 616. The summed E-state index contributed by atoms with van der Waals surface area (Å²) in [7, 11) is 0. The van der Waals surface area contributed by atoms with E-state index in [2.05, 4.69) is 17.0 Å². The van der Waals surface area contributed by atoms with E-state index in [-0.39, 0.29) is 18.3 Å². The molecule has 2 aromatic carbocycles. The van der Waals surface area contributed by atoms with Crippen molar-refractivity contribution in [1.82, 2.24) is 4.90 Å². The summed E-state index contributed by atoms with van der Waals surface area (Å²) in [5.74, 6) is 0.127. The number of carbonyl (C=O) groups is 1. The summed E-state index contributed by atoms with van der Waals surface area (Å²) in [6, 6.07) is 20.0. The van der Waals surface area contributed by atoms with Gasteiger partial charge in [0.1, 0.15) is 0 Å². The smallest absolute Gasteiger partial charge is 0.241 e. The average molecular weight is 347 g/mol. The maximum Gasteiger partial charge on any atom is 0.241 e. The highest BCUT2D eigenvalue weighted by Crippen LogP contribution is 2.17. The molecule has 1 amide bonds. The van der Waals surface area contributed by atoms with Crippen molar-refractivity contribution in [3.63, 3.8) is 0 Å². The molecule has 1 fully saturated rings. The van der Waals surface area contributed by atoms with Crippen LogP contribution >= 0.6 is 12.4 Å². The first kappa shape index (κ1) is 18.5. The number of benzene rings is 2. The lowest BCUT2D eigenvalue weighted by Crippen LogP contribution is -2.44. The number of morpholine rings is 1. The first-order valence-electron chi connectivity index (χ1n) is 8.02. The van der Waals surface area contributed by atoms with Crippen molar-refractivity contribution in [3.8, 4) is 0 Å². The van der Waals surface area contributed by atoms with Gasteiger partial charge in [-0.2, -0.15) is 0 Å². The zero-order chi connectivity index (χ0) is 15.9. The highest BCUT2D eigenvalue weighted by atomic mass is 35.5. The summed E-state index contributed by atoms with van der Waals surface area (Å²) in [5, 5.41) is 0. The minimum Gasteiger partial charge on any atom is -0.379 e. The quantitative estimate of drug-likeness (QED) is 0.834. The van der Waals surface area contributed by atoms with Crippen molar-refractivity contribution in [1.29, 1.82) is 0 Å². The molecule has 1 saturated heterocycles. The third kappa shape index (κ3) is 5.06. The molecular formula is C19H23ClN2O2. The Kier molecular flexibility index (Phi) is 7.25. The van der Waals surface area contributed by atoms with Crippen LogP contribution in [0.1, 0.15) is 5.56 Å². The second kappa shape index (κ2) is 9.42. The van der Waals surface area contributed by atoms with Crippen molar-refractivity contribution in [2.24, 2.45) is 0 Å². The van der Waals surface area contributed by atoms with Gasteiger partial charge in [-0.3, -0.25) is 9.69 Å². The number of para-hydroxylation sites is 1. The molecule has 5 heteroatoms. The van der Waals surface area contributed by atoms with Crippen molar-refractivity contribution < 1.29 is 9.53 Å². The van der Waals surface area contributed by atoms with Crippen LogP contribution in [0.4, 0.5) is 5.69 Å². The molecule has 0 N–H and O–H groups in total. The second-order valence-electron chi connectivity index (χ2n) is 5.69. The number of amides is 1. The number of hydrogen-bond acceptors (Lipinski definition) is 3. The van der Waals surface area contributed by atoms with Gasteiger partial charge >= 0.3 is 0 Å². The summed E-state index contributed by atoms with van der Waals surface area (Å²) in [4.78, 5) is 16.9. The van der Waals surface area contributed by atoms with Gasteiger partial charge in [-0.15, -0.1) is 12.4 Å². The van der Waals surface area contributed by atoms with E-state index in [1.807, 2.05) is 53.4 Å². The summed E-state index contributed by atoms with van der Waals surface area (Å²) in [5.41, 5.74) is 2.07. The molecule has 1 aliphatic rings. The topological polar surface area (TPSA) is 32.8 Å². The molecule has 0 aliphatic carbocycles. The third-order valence-corrected chi connectivity index (χ3v) is 4.02. The predicted molar refractivity (Wildman–Crippen MR) is 98.6 cm³/mol. The van der Waals surface area contributed by atoms with Gasteiger partial charge in [0.25, 0.3) is 0 Å². The second-order valence-corrected chi connectivity index (χ2v) is 5.69. The lowest BCUT2D eigenvalue weighted by Gasteiger charge is -2.29. The van der Waals surface area contributed by atoms with Crippen LogP contribution in [0, 0.1) is 0 Å². The minimum atomic E-state index is 0. The molecule has 1 heterocycles. The van der Waals surface area contributed by atoms with Gasteiger partial charge < -0.3 is 9.64 Å². The zero-order valence-corrected chi connectivity index (χ0v) is 14.5. The van der Waals surface area contributed by atoms with Crippen molar-refractivity contribution in [2.45, 2.75) is 6.54 Å². The van der Waals surface area contributed by atoms with Gasteiger partial charge in [-0.05, 0) is 17.7 Å². The normalized spacial score (nSPS) is 14.7. The first-order valence-corrected chi connectivity index (χ1v) is 8.02. The fraction of sp³-hybridized carbons (Fsp3) is 0.316. The molecule has 2 aromatic rings. The van der Waals surface area contributed by atoms with Crippen molar-refractivity contribution in [2.75, 3.05) is 37.7 Å². The maximum atomic E-state index is 12.9. The number of carbonyl (C=O) groups excluding carboxylic acids is 1. The molecule has 0 spiro atoms. The minimum absolute atomic E-state index is 0. The van der Waals surface area contributed by atoms with E-state index in [0.717, 1.165) is 24.3 Å². The van der Waals surface area contributed by atoms with Crippen LogP contribution in [0.25, 0.3) is 0 Å². The molecule has 0 radical (unpaired) electrons. The van der Waals surface area contributed by atoms with Gasteiger partial charge in [0.05, 0.1) is 26.3 Å². The molecule has 0 bridgehead atoms. The largest absolute Gasteiger partial charge is 0.379 e. The first-order chi connectivity index (χ1) is 11.3. The molecule has 1 aliphatic heterocycles. The summed E-state index contributed by atoms with van der Waals surface area (Å²) in [6.07, 6.45) is 0. The van der Waals surface area contributed by atoms with E-state index in [9.17, 15) is 4.79 Å². The van der Waals surface area contributed by atoms with Crippen LogP contribution in [-0.4, -0.2) is 43.7 Å².